The molecule has 2 saturated carbocycles. The standard InChI is InChI=1S/C17H26O/c1-7-17(11-14(18)12(2)3)15(4,5)13-8-9-16(17,6)10-13/h1,12-13H,8-11H2,2-6H3. The second kappa shape index (κ2) is 3.86. The van der Waals surface area contributed by atoms with Gasteiger partial charge in [-0.25, -0.2) is 0 Å². The Kier molecular flexibility index (Phi) is 2.93. The molecule has 2 aliphatic rings. The highest BCUT2D eigenvalue weighted by Gasteiger charge is 2.68. The molecule has 3 atom stereocenters. The monoisotopic (exact) mass is 246 g/mol. The van der Waals surface area contributed by atoms with E-state index in [0.717, 1.165) is 0 Å². The minimum Gasteiger partial charge on any atom is -0.299 e. The molecule has 0 N–H and O–H groups in total. The van der Waals surface area contributed by atoms with Crippen molar-refractivity contribution in [1.82, 2.24) is 0 Å². The van der Waals surface area contributed by atoms with Crippen LogP contribution in [0, 0.1) is 40.4 Å². The van der Waals surface area contributed by atoms with Crippen molar-refractivity contribution < 1.29 is 4.79 Å². The van der Waals surface area contributed by atoms with Gasteiger partial charge in [0.2, 0.25) is 0 Å². The first-order valence-corrected chi connectivity index (χ1v) is 7.21. The van der Waals surface area contributed by atoms with Crippen LogP contribution in [0.3, 0.4) is 0 Å². The van der Waals surface area contributed by atoms with E-state index in [2.05, 4.69) is 26.7 Å². The Morgan fingerprint density at radius 3 is 2.39 bits per heavy atom. The summed E-state index contributed by atoms with van der Waals surface area (Å²) in [5, 5.41) is 0. The van der Waals surface area contributed by atoms with Crippen molar-refractivity contribution in [3.05, 3.63) is 0 Å². The summed E-state index contributed by atoms with van der Waals surface area (Å²) >= 11 is 0. The van der Waals surface area contributed by atoms with Crippen LogP contribution in [0.1, 0.15) is 60.3 Å². The number of hydrogen-bond donors (Lipinski definition) is 0. The lowest BCUT2D eigenvalue weighted by molar-refractivity contribution is -0.128. The second-order valence-electron chi connectivity index (χ2n) is 7.57. The van der Waals surface area contributed by atoms with Gasteiger partial charge in [0, 0.05) is 17.8 Å². The fourth-order valence-electron chi connectivity index (χ4n) is 4.69. The third kappa shape index (κ3) is 1.44. The first-order valence-electron chi connectivity index (χ1n) is 7.21. The zero-order valence-corrected chi connectivity index (χ0v) is 12.5. The summed E-state index contributed by atoms with van der Waals surface area (Å²) in [5.74, 6) is 4.22. The van der Waals surface area contributed by atoms with E-state index in [1.54, 1.807) is 0 Å². The van der Waals surface area contributed by atoms with Crippen LogP contribution >= 0.6 is 0 Å². The van der Waals surface area contributed by atoms with E-state index in [0.29, 0.717) is 18.1 Å². The van der Waals surface area contributed by atoms with Crippen LogP contribution in [0.15, 0.2) is 0 Å². The molecule has 1 heteroatoms. The topological polar surface area (TPSA) is 17.1 Å². The average molecular weight is 246 g/mol. The summed E-state index contributed by atoms with van der Waals surface area (Å²) in [5.41, 5.74) is 0.0318. The molecular formula is C17H26O. The first kappa shape index (κ1) is 13.7. The summed E-state index contributed by atoms with van der Waals surface area (Å²) < 4.78 is 0. The highest BCUT2D eigenvalue weighted by atomic mass is 16.1. The number of Topliss-reactive ketones (excluding diaryl/α,β-unsaturated/α-hetero) is 1. The number of hydrogen-bond acceptors (Lipinski definition) is 1. The maximum absolute atomic E-state index is 12.3. The van der Waals surface area contributed by atoms with Crippen molar-refractivity contribution in [2.24, 2.45) is 28.1 Å². The van der Waals surface area contributed by atoms with E-state index in [4.69, 9.17) is 6.42 Å². The maximum Gasteiger partial charge on any atom is 0.136 e. The molecule has 1 nitrogen and oxygen atoms in total. The molecule has 3 unspecified atom stereocenters. The minimum absolute atomic E-state index is 0.0914. The second-order valence-corrected chi connectivity index (χ2v) is 7.57. The molecule has 100 valence electrons. The molecule has 2 bridgehead atoms. The van der Waals surface area contributed by atoms with Gasteiger partial charge in [-0.05, 0) is 36.0 Å². The number of carbonyl (C=O) groups is 1. The Morgan fingerprint density at radius 2 is 2.00 bits per heavy atom. The minimum atomic E-state index is -0.232. The zero-order valence-electron chi connectivity index (χ0n) is 12.5. The molecule has 0 aromatic rings. The van der Waals surface area contributed by atoms with Crippen LogP contribution in [0.25, 0.3) is 0 Å². The molecule has 0 radical (unpaired) electrons. The van der Waals surface area contributed by atoms with Gasteiger partial charge >= 0.3 is 0 Å². The van der Waals surface area contributed by atoms with Gasteiger partial charge in [0.05, 0.1) is 0 Å². The maximum atomic E-state index is 12.3. The van der Waals surface area contributed by atoms with Gasteiger partial charge in [0.25, 0.3) is 0 Å². The lowest BCUT2D eigenvalue weighted by Crippen LogP contribution is -2.48. The van der Waals surface area contributed by atoms with Crippen LogP contribution in [0.4, 0.5) is 0 Å². The number of rotatable bonds is 3. The Labute approximate surface area is 112 Å². The fraction of sp³-hybridized carbons (Fsp3) is 0.824. The fourth-order valence-corrected chi connectivity index (χ4v) is 4.69. The molecule has 2 fully saturated rings. The molecule has 2 aliphatic carbocycles. The van der Waals surface area contributed by atoms with E-state index < -0.39 is 0 Å². The van der Waals surface area contributed by atoms with Gasteiger partial charge in [-0.2, -0.15) is 0 Å². The molecule has 0 aliphatic heterocycles. The largest absolute Gasteiger partial charge is 0.299 e. The van der Waals surface area contributed by atoms with E-state index >= 15 is 0 Å². The number of fused-ring (bicyclic) bond motifs is 2. The Balaban J connectivity index is 2.43. The van der Waals surface area contributed by atoms with Crippen molar-refractivity contribution >= 4 is 5.78 Å². The van der Waals surface area contributed by atoms with Crippen LogP contribution in [0.2, 0.25) is 0 Å². The molecule has 0 aromatic heterocycles. The summed E-state index contributed by atoms with van der Waals surface area (Å²) in [7, 11) is 0. The molecule has 0 spiro atoms. The van der Waals surface area contributed by atoms with Crippen molar-refractivity contribution in [3.63, 3.8) is 0 Å². The van der Waals surface area contributed by atoms with Gasteiger partial charge in [0.1, 0.15) is 5.78 Å². The van der Waals surface area contributed by atoms with Crippen molar-refractivity contribution in [2.45, 2.75) is 60.3 Å². The number of terminal acetylenes is 1. The molecule has 2 rings (SSSR count). The van der Waals surface area contributed by atoms with Gasteiger partial charge in [-0.15, -0.1) is 6.42 Å². The first-order chi connectivity index (χ1) is 8.20. The predicted molar refractivity (Wildman–Crippen MR) is 75.0 cm³/mol. The smallest absolute Gasteiger partial charge is 0.136 e. The Hall–Kier alpha value is -0.770. The van der Waals surface area contributed by atoms with Crippen LogP contribution in [-0.4, -0.2) is 5.78 Å². The predicted octanol–water partition coefficient (Wildman–Crippen LogP) is 4.07. The van der Waals surface area contributed by atoms with Gasteiger partial charge < -0.3 is 0 Å². The molecule has 0 saturated heterocycles. The molecule has 18 heavy (non-hydrogen) atoms. The quantitative estimate of drug-likeness (QED) is 0.686. The third-order valence-corrected chi connectivity index (χ3v) is 6.22. The third-order valence-electron chi connectivity index (χ3n) is 6.22. The van der Waals surface area contributed by atoms with Crippen molar-refractivity contribution in [3.8, 4) is 12.3 Å². The average Bonchev–Trinajstić information content (AvgIpc) is 2.74. The van der Waals surface area contributed by atoms with Crippen molar-refractivity contribution in [2.75, 3.05) is 0 Å². The van der Waals surface area contributed by atoms with Gasteiger partial charge in [0.15, 0.2) is 0 Å². The van der Waals surface area contributed by atoms with Crippen LogP contribution in [0.5, 0.6) is 0 Å². The lowest BCUT2D eigenvalue weighted by Gasteiger charge is -2.51. The Morgan fingerprint density at radius 1 is 1.39 bits per heavy atom. The van der Waals surface area contributed by atoms with E-state index in [1.165, 1.54) is 19.3 Å². The van der Waals surface area contributed by atoms with E-state index in [1.807, 2.05) is 13.8 Å². The SMILES string of the molecule is C#CC1(CC(=O)C(C)C)C2(C)CCC(C2)C1(C)C. The molecule has 0 heterocycles. The summed E-state index contributed by atoms with van der Waals surface area (Å²) in [6.45, 7) is 10.9. The van der Waals surface area contributed by atoms with Gasteiger partial charge in [-0.3, -0.25) is 4.79 Å². The summed E-state index contributed by atoms with van der Waals surface area (Å²) in [4.78, 5) is 12.3. The molecular weight excluding hydrogens is 220 g/mol. The van der Waals surface area contributed by atoms with Crippen molar-refractivity contribution in [1.29, 1.82) is 0 Å². The zero-order chi connectivity index (χ0) is 13.8. The number of carbonyl (C=O) groups excluding carboxylic acids is 1. The lowest BCUT2D eigenvalue weighted by atomic mass is 9.51. The highest BCUT2D eigenvalue weighted by molar-refractivity contribution is 5.82. The van der Waals surface area contributed by atoms with Gasteiger partial charge in [-0.1, -0.05) is 40.5 Å². The molecule has 0 aromatic carbocycles. The summed E-state index contributed by atoms with van der Waals surface area (Å²) in [6, 6.07) is 0. The van der Waals surface area contributed by atoms with Crippen LogP contribution in [-0.2, 0) is 4.79 Å². The summed E-state index contributed by atoms with van der Waals surface area (Å²) in [6.07, 6.45) is 10.2. The highest BCUT2D eigenvalue weighted by Crippen LogP contribution is 2.73. The number of ketones is 1. The van der Waals surface area contributed by atoms with E-state index in [-0.39, 0.29) is 22.2 Å². The van der Waals surface area contributed by atoms with Crippen LogP contribution < -0.4 is 0 Å². The van der Waals surface area contributed by atoms with E-state index in [9.17, 15) is 4.79 Å². The molecule has 0 amide bonds. The normalized spacial score (nSPS) is 41.1. The Bertz CT molecular complexity index is 405.